The van der Waals surface area contributed by atoms with Crippen LogP contribution in [0.3, 0.4) is 0 Å². The molecule has 2 aliphatic rings. The average molecular weight is 474 g/mol. The number of rotatable bonds is 6. The summed E-state index contributed by atoms with van der Waals surface area (Å²) >= 11 is 0. The smallest absolute Gasteiger partial charge is 0.304 e. The van der Waals surface area contributed by atoms with E-state index in [0.29, 0.717) is 12.5 Å². The first-order valence-electron chi connectivity index (χ1n) is 11.9. The molecule has 3 heterocycles. The fraction of sp³-hybridized carbons (Fsp3) is 0.370. The Bertz CT molecular complexity index is 1290. The lowest BCUT2D eigenvalue weighted by Gasteiger charge is -2.27. The van der Waals surface area contributed by atoms with Gasteiger partial charge >= 0.3 is 5.97 Å². The molecule has 1 atom stereocenters. The van der Waals surface area contributed by atoms with Gasteiger partial charge in [-0.2, -0.15) is 4.98 Å². The molecule has 8 heteroatoms. The number of likely N-dealkylation sites (N-methyl/N-ethyl adjacent to an activating group) is 1. The van der Waals surface area contributed by atoms with Gasteiger partial charge in [0.25, 0.3) is 0 Å². The first-order valence-corrected chi connectivity index (χ1v) is 11.9. The van der Waals surface area contributed by atoms with Crippen LogP contribution in [0.4, 0.5) is 23.1 Å². The number of aryl methyl sites for hydroxylation is 1. The molecule has 1 aromatic heterocycles. The van der Waals surface area contributed by atoms with E-state index in [9.17, 15) is 9.90 Å². The van der Waals surface area contributed by atoms with Gasteiger partial charge < -0.3 is 25.0 Å². The highest BCUT2D eigenvalue weighted by Gasteiger charge is 2.41. The van der Waals surface area contributed by atoms with Crippen LogP contribution in [0.1, 0.15) is 35.6 Å². The van der Waals surface area contributed by atoms with Gasteiger partial charge in [-0.3, -0.25) is 4.79 Å². The van der Waals surface area contributed by atoms with E-state index < -0.39 is 11.4 Å². The molecular weight excluding hydrogens is 442 g/mol. The largest absolute Gasteiger partial charge is 0.495 e. The monoisotopic (exact) mass is 473 g/mol. The van der Waals surface area contributed by atoms with Crippen molar-refractivity contribution >= 4 is 29.1 Å². The van der Waals surface area contributed by atoms with E-state index in [0.717, 1.165) is 53.6 Å². The van der Waals surface area contributed by atoms with E-state index in [4.69, 9.17) is 9.72 Å². The fourth-order valence-corrected chi connectivity index (χ4v) is 5.29. The Morgan fingerprint density at radius 3 is 2.83 bits per heavy atom. The average Bonchev–Trinajstić information content (AvgIpc) is 3.11. The standard InChI is InChI=1S/C27H31N5O3/c1-17-14-28-26(29-21-11-19-15-31(3)10-9-18(19)12-23(21)35-4)30-25(17)32-16-27(2,13-24(33)34)20-7-5-6-8-22(20)32/h5-8,11-12,14H,9-10,13,15-16H2,1-4H3,(H,33,34)(H,28,29,30). The van der Waals surface area contributed by atoms with Gasteiger partial charge in [-0.15, -0.1) is 0 Å². The molecule has 0 radical (unpaired) electrons. The second-order valence-corrected chi connectivity index (χ2v) is 9.87. The zero-order valence-electron chi connectivity index (χ0n) is 20.6. The van der Waals surface area contributed by atoms with Crippen LogP contribution in [-0.2, 0) is 23.2 Å². The zero-order valence-corrected chi connectivity index (χ0v) is 20.6. The van der Waals surface area contributed by atoms with E-state index in [2.05, 4.69) is 39.3 Å². The van der Waals surface area contributed by atoms with Crippen molar-refractivity contribution in [3.05, 3.63) is 64.8 Å². The highest BCUT2D eigenvalue weighted by Crippen LogP contribution is 2.46. The number of fused-ring (bicyclic) bond motifs is 2. The van der Waals surface area contributed by atoms with E-state index in [-0.39, 0.29) is 6.42 Å². The molecule has 1 unspecified atom stereocenters. The van der Waals surface area contributed by atoms with E-state index in [1.54, 1.807) is 13.3 Å². The number of hydrogen-bond acceptors (Lipinski definition) is 7. The number of carboxylic acid groups (broad SMARTS) is 1. The Morgan fingerprint density at radius 1 is 1.26 bits per heavy atom. The molecule has 2 N–H and O–H groups in total. The molecule has 182 valence electrons. The number of hydrogen-bond donors (Lipinski definition) is 2. The number of anilines is 4. The maximum atomic E-state index is 11.7. The van der Waals surface area contributed by atoms with Crippen molar-refractivity contribution in [1.29, 1.82) is 0 Å². The van der Waals surface area contributed by atoms with Crippen LogP contribution in [0.2, 0.25) is 0 Å². The van der Waals surface area contributed by atoms with Crippen molar-refractivity contribution in [2.45, 2.75) is 38.6 Å². The van der Waals surface area contributed by atoms with Crippen molar-refractivity contribution in [2.75, 3.05) is 37.5 Å². The lowest BCUT2D eigenvalue weighted by atomic mass is 9.81. The summed E-state index contributed by atoms with van der Waals surface area (Å²) < 4.78 is 5.68. The second kappa shape index (κ2) is 8.85. The molecule has 35 heavy (non-hydrogen) atoms. The molecule has 0 saturated heterocycles. The Morgan fingerprint density at radius 2 is 2.06 bits per heavy atom. The summed E-state index contributed by atoms with van der Waals surface area (Å²) in [6.45, 7) is 6.44. The summed E-state index contributed by atoms with van der Waals surface area (Å²) in [5.41, 5.74) is 5.82. The van der Waals surface area contributed by atoms with E-state index >= 15 is 0 Å². The maximum Gasteiger partial charge on any atom is 0.304 e. The molecule has 5 rings (SSSR count). The van der Waals surface area contributed by atoms with Gasteiger partial charge in [0.1, 0.15) is 11.6 Å². The number of carbonyl (C=O) groups is 1. The molecule has 0 aliphatic carbocycles. The minimum atomic E-state index is -0.809. The first kappa shape index (κ1) is 23.1. The molecule has 2 aliphatic heterocycles. The quantitative estimate of drug-likeness (QED) is 0.544. The maximum absolute atomic E-state index is 11.7. The Labute approximate surface area is 205 Å². The predicted molar refractivity (Wildman–Crippen MR) is 136 cm³/mol. The Balaban J connectivity index is 1.50. The van der Waals surface area contributed by atoms with Crippen molar-refractivity contribution in [2.24, 2.45) is 0 Å². The van der Waals surface area contributed by atoms with Crippen LogP contribution in [0, 0.1) is 6.92 Å². The van der Waals surface area contributed by atoms with Gasteiger partial charge in [0.15, 0.2) is 0 Å². The Hall–Kier alpha value is -3.65. The summed E-state index contributed by atoms with van der Waals surface area (Å²) in [5.74, 6) is 1.19. The van der Waals surface area contributed by atoms with Crippen LogP contribution in [0.25, 0.3) is 0 Å². The van der Waals surface area contributed by atoms with Gasteiger partial charge in [0.05, 0.1) is 19.2 Å². The number of benzene rings is 2. The summed E-state index contributed by atoms with van der Waals surface area (Å²) in [4.78, 5) is 25.5. The van der Waals surface area contributed by atoms with Gasteiger partial charge in [-0.1, -0.05) is 25.1 Å². The summed E-state index contributed by atoms with van der Waals surface area (Å²) in [7, 11) is 3.80. The van der Waals surface area contributed by atoms with Crippen molar-refractivity contribution in [3.63, 3.8) is 0 Å². The normalized spacial score (nSPS) is 19.3. The highest BCUT2D eigenvalue weighted by molar-refractivity contribution is 5.77. The van der Waals surface area contributed by atoms with Crippen molar-refractivity contribution in [1.82, 2.24) is 14.9 Å². The van der Waals surface area contributed by atoms with Gasteiger partial charge in [0, 0.05) is 42.5 Å². The summed E-state index contributed by atoms with van der Waals surface area (Å²) in [6, 6.07) is 12.2. The molecule has 3 aromatic rings. The number of methoxy groups -OCH3 is 1. The third kappa shape index (κ3) is 4.30. The van der Waals surface area contributed by atoms with Gasteiger partial charge in [0.2, 0.25) is 5.95 Å². The van der Waals surface area contributed by atoms with Crippen LogP contribution in [-0.4, -0.2) is 53.2 Å². The molecule has 8 nitrogen and oxygen atoms in total. The third-order valence-electron chi connectivity index (χ3n) is 7.07. The summed E-state index contributed by atoms with van der Waals surface area (Å²) in [5, 5.41) is 12.9. The molecule has 0 spiro atoms. The number of carboxylic acids is 1. The third-order valence-corrected chi connectivity index (χ3v) is 7.07. The molecule has 0 fully saturated rings. The number of ether oxygens (including phenoxy) is 1. The van der Waals surface area contributed by atoms with E-state index in [1.165, 1.54) is 11.1 Å². The minimum Gasteiger partial charge on any atom is -0.495 e. The number of nitrogens with zero attached hydrogens (tertiary/aromatic N) is 4. The Kier molecular flexibility index (Phi) is 5.84. The van der Waals surface area contributed by atoms with Crippen molar-refractivity contribution in [3.8, 4) is 5.75 Å². The summed E-state index contributed by atoms with van der Waals surface area (Å²) in [6.07, 6.45) is 2.85. The second-order valence-electron chi connectivity index (χ2n) is 9.87. The molecule has 2 aromatic carbocycles. The van der Waals surface area contributed by atoms with Crippen LogP contribution < -0.4 is 15.0 Å². The molecule has 0 amide bonds. The molecule has 0 bridgehead atoms. The molecule has 0 saturated carbocycles. The topological polar surface area (TPSA) is 90.8 Å². The van der Waals surface area contributed by atoms with Gasteiger partial charge in [-0.25, -0.2) is 4.98 Å². The number of aromatic nitrogens is 2. The number of para-hydroxylation sites is 1. The number of nitrogens with one attached hydrogen (secondary N) is 1. The number of aliphatic carboxylic acids is 1. The lowest BCUT2D eigenvalue weighted by Crippen LogP contribution is -2.31. The van der Waals surface area contributed by atoms with Gasteiger partial charge in [-0.05, 0) is 55.3 Å². The van der Waals surface area contributed by atoms with Crippen molar-refractivity contribution < 1.29 is 14.6 Å². The first-order chi connectivity index (χ1) is 16.8. The SMILES string of the molecule is COc1cc2c(cc1Nc1ncc(C)c(N3CC(C)(CC(=O)O)c4ccccc43)n1)CN(C)CC2. The lowest BCUT2D eigenvalue weighted by molar-refractivity contribution is -0.138. The minimum absolute atomic E-state index is 0.0521. The van der Waals surface area contributed by atoms with Crippen LogP contribution in [0.15, 0.2) is 42.6 Å². The fourth-order valence-electron chi connectivity index (χ4n) is 5.29. The van der Waals surface area contributed by atoms with Crippen LogP contribution in [0.5, 0.6) is 5.75 Å². The van der Waals surface area contributed by atoms with Crippen LogP contribution >= 0.6 is 0 Å². The molecular formula is C27H31N5O3. The predicted octanol–water partition coefficient (Wildman–Crippen LogP) is 4.41. The van der Waals surface area contributed by atoms with E-state index in [1.807, 2.05) is 38.1 Å². The highest BCUT2D eigenvalue weighted by atomic mass is 16.5. The zero-order chi connectivity index (χ0) is 24.7.